The van der Waals surface area contributed by atoms with Crippen LogP contribution in [0.15, 0.2) is 54.7 Å². The summed E-state index contributed by atoms with van der Waals surface area (Å²) in [6.07, 6.45) is 2.61. The quantitative estimate of drug-likeness (QED) is 0.678. The third-order valence-electron chi connectivity index (χ3n) is 4.67. The Kier molecular flexibility index (Phi) is 4.89. The number of fused-ring (bicyclic) bond motifs is 1. The van der Waals surface area contributed by atoms with E-state index in [1.807, 2.05) is 18.2 Å². The molecule has 1 aromatic heterocycles. The number of carbonyl (C=O) groups is 1. The van der Waals surface area contributed by atoms with Gasteiger partial charge in [0.05, 0.1) is 24.1 Å². The molecule has 0 spiro atoms. The lowest BCUT2D eigenvalue weighted by Crippen LogP contribution is -2.25. The smallest absolute Gasteiger partial charge is 0.340 e. The number of nitrogens with zero attached hydrogens (tertiary/aromatic N) is 4. The minimum atomic E-state index is -0.392. The van der Waals surface area contributed by atoms with Crippen molar-refractivity contribution in [1.29, 1.82) is 0 Å². The molecule has 1 N–H and O–H groups in total. The zero-order chi connectivity index (χ0) is 19.5. The van der Waals surface area contributed by atoms with Crippen LogP contribution in [0.25, 0.3) is 0 Å². The lowest BCUT2D eigenvalue weighted by Gasteiger charge is -2.23. The summed E-state index contributed by atoms with van der Waals surface area (Å²) in [4.78, 5) is 19.0. The van der Waals surface area contributed by atoms with E-state index in [-0.39, 0.29) is 6.04 Å². The first kappa shape index (κ1) is 17.9. The molecule has 2 aromatic carbocycles. The number of aromatic nitrogens is 3. The van der Waals surface area contributed by atoms with Crippen LogP contribution in [0.4, 0.5) is 23.1 Å². The van der Waals surface area contributed by atoms with Crippen molar-refractivity contribution >= 4 is 29.1 Å². The van der Waals surface area contributed by atoms with Crippen LogP contribution in [-0.4, -0.2) is 33.8 Å². The summed E-state index contributed by atoms with van der Waals surface area (Å²) < 4.78 is 5.12. The number of hydrogen-bond acceptors (Lipinski definition) is 7. The Morgan fingerprint density at radius 3 is 2.86 bits per heavy atom. The highest BCUT2D eigenvalue weighted by molar-refractivity contribution is 5.96. The van der Waals surface area contributed by atoms with Crippen molar-refractivity contribution < 1.29 is 9.53 Å². The summed E-state index contributed by atoms with van der Waals surface area (Å²) in [6.45, 7) is 4.25. The molecule has 1 aliphatic rings. The molecular formula is C21H21N5O2. The standard InChI is InChI=1S/C21H21N5O2/c1-3-28-20(27)16-9-5-6-10-17(16)23-21-24-19(13-22-25-21)26-14(2)12-15-8-4-7-11-18(15)26/h4-11,13-14H,3,12H2,1-2H3,(H,23,24,25). The van der Waals surface area contributed by atoms with Gasteiger partial charge in [0.25, 0.3) is 0 Å². The highest BCUT2D eigenvalue weighted by atomic mass is 16.5. The molecule has 1 aliphatic heterocycles. The second kappa shape index (κ2) is 7.64. The average molecular weight is 375 g/mol. The van der Waals surface area contributed by atoms with E-state index in [2.05, 4.69) is 44.5 Å². The SMILES string of the molecule is CCOC(=O)c1ccccc1Nc1nncc(N2c3ccccc3CC2C)n1. The number of para-hydroxylation sites is 2. The fraction of sp³-hybridized carbons (Fsp3) is 0.238. The van der Waals surface area contributed by atoms with Crippen LogP contribution in [0.2, 0.25) is 0 Å². The Hall–Kier alpha value is -3.48. The third kappa shape index (κ3) is 3.38. The molecule has 142 valence electrons. The lowest BCUT2D eigenvalue weighted by molar-refractivity contribution is 0.0527. The Labute approximate surface area is 163 Å². The molecule has 0 radical (unpaired) electrons. The monoisotopic (exact) mass is 375 g/mol. The Balaban J connectivity index is 1.64. The van der Waals surface area contributed by atoms with E-state index in [9.17, 15) is 4.79 Å². The van der Waals surface area contributed by atoms with Gasteiger partial charge >= 0.3 is 5.97 Å². The van der Waals surface area contributed by atoms with E-state index in [0.29, 0.717) is 29.6 Å². The van der Waals surface area contributed by atoms with Crippen LogP contribution < -0.4 is 10.2 Å². The molecule has 0 saturated heterocycles. The predicted molar refractivity (Wildman–Crippen MR) is 107 cm³/mol. The Morgan fingerprint density at radius 2 is 2.00 bits per heavy atom. The molecule has 4 rings (SSSR count). The largest absolute Gasteiger partial charge is 0.462 e. The van der Waals surface area contributed by atoms with Gasteiger partial charge in [-0.1, -0.05) is 30.3 Å². The number of esters is 1. The van der Waals surface area contributed by atoms with Crippen LogP contribution in [0, 0.1) is 0 Å². The molecule has 7 heteroatoms. The van der Waals surface area contributed by atoms with Gasteiger partial charge in [0.2, 0.25) is 5.95 Å². The molecule has 0 bridgehead atoms. The average Bonchev–Trinajstić information content (AvgIpc) is 3.04. The first-order valence-corrected chi connectivity index (χ1v) is 9.27. The van der Waals surface area contributed by atoms with E-state index in [4.69, 9.17) is 4.74 Å². The number of ether oxygens (including phenoxy) is 1. The maximum atomic E-state index is 12.2. The number of anilines is 4. The van der Waals surface area contributed by atoms with Crippen LogP contribution >= 0.6 is 0 Å². The molecule has 2 heterocycles. The first-order valence-electron chi connectivity index (χ1n) is 9.27. The van der Waals surface area contributed by atoms with Crippen molar-refractivity contribution in [2.24, 2.45) is 0 Å². The molecule has 7 nitrogen and oxygen atoms in total. The van der Waals surface area contributed by atoms with Gasteiger partial charge in [0.1, 0.15) is 0 Å². The summed E-state index contributed by atoms with van der Waals surface area (Å²) in [5.41, 5.74) is 3.43. The maximum absolute atomic E-state index is 12.2. The Morgan fingerprint density at radius 1 is 1.21 bits per heavy atom. The predicted octanol–water partition coefficient (Wildman–Crippen LogP) is 3.87. The molecule has 1 unspecified atom stereocenters. The zero-order valence-electron chi connectivity index (χ0n) is 15.8. The fourth-order valence-corrected chi connectivity index (χ4v) is 3.48. The summed E-state index contributed by atoms with van der Waals surface area (Å²) in [5, 5.41) is 11.3. The highest BCUT2D eigenvalue weighted by Crippen LogP contribution is 2.37. The molecule has 1 atom stereocenters. The van der Waals surface area contributed by atoms with Gasteiger partial charge in [-0.25, -0.2) is 4.79 Å². The van der Waals surface area contributed by atoms with Crippen LogP contribution in [-0.2, 0) is 11.2 Å². The van der Waals surface area contributed by atoms with Crippen molar-refractivity contribution in [2.45, 2.75) is 26.3 Å². The van der Waals surface area contributed by atoms with E-state index in [1.165, 1.54) is 5.56 Å². The normalized spacial score (nSPS) is 15.2. The topological polar surface area (TPSA) is 80.2 Å². The van der Waals surface area contributed by atoms with Gasteiger partial charge in [-0.05, 0) is 44.0 Å². The van der Waals surface area contributed by atoms with E-state index < -0.39 is 5.97 Å². The number of carbonyl (C=O) groups excluding carboxylic acids is 1. The van der Waals surface area contributed by atoms with Crippen LogP contribution in [0.3, 0.4) is 0 Å². The van der Waals surface area contributed by atoms with E-state index in [0.717, 1.165) is 12.1 Å². The van der Waals surface area contributed by atoms with Crippen LogP contribution in [0.1, 0.15) is 29.8 Å². The van der Waals surface area contributed by atoms with Gasteiger partial charge in [-0.15, -0.1) is 5.10 Å². The molecule has 3 aromatic rings. The van der Waals surface area contributed by atoms with Gasteiger partial charge < -0.3 is 15.0 Å². The van der Waals surface area contributed by atoms with Gasteiger partial charge in [0.15, 0.2) is 5.82 Å². The molecule has 0 saturated carbocycles. The number of benzene rings is 2. The van der Waals surface area contributed by atoms with Gasteiger partial charge in [0, 0.05) is 11.7 Å². The van der Waals surface area contributed by atoms with Gasteiger partial charge in [-0.3, -0.25) is 0 Å². The number of nitrogens with one attached hydrogen (secondary N) is 1. The van der Waals surface area contributed by atoms with Crippen molar-refractivity contribution in [2.75, 3.05) is 16.8 Å². The van der Waals surface area contributed by atoms with Crippen molar-refractivity contribution in [3.05, 3.63) is 65.9 Å². The summed E-state index contributed by atoms with van der Waals surface area (Å²) in [7, 11) is 0. The zero-order valence-corrected chi connectivity index (χ0v) is 15.8. The number of rotatable bonds is 5. The van der Waals surface area contributed by atoms with Crippen molar-refractivity contribution in [3.63, 3.8) is 0 Å². The fourth-order valence-electron chi connectivity index (χ4n) is 3.48. The summed E-state index contributed by atoms with van der Waals surface area (Å²) in [6, 6.07) is 15.7. The van der Waals surface area contributed by atoms with Crippen molar-refractivity contribution in [1.82, 2.24) is 15.2 Å². The second-order valence-electron chi connectivity index (χ2n) is 6.58. The Bertz CT molecular complexity index is 1010. The third-order valence-corrected chi connectivity index (χ3v) is 4.67. The van der Waals surface area contributed by atoms with E-state index in [1.54, 1.807) is 31.3 Å². The molecular weight excluding hydrogens is 354 g/mol. The molecule has 0 amide bonds. The highest BCUT2D eigenvalue weighted by Gasteiger charge is 2.28. The van der Waals surface area contributed by atoms with Crippen LogP contribution in [0.5, 0.6) is 0 Å². The summed E-state index contributed by atoms with van der Waals surface area (Å²) in [5.74, 6) is 0.645. The minimum Gasteiger partial charge on any atom is -0.462 e. The van der Waals surface area contributed by atoms with Gasteiger partial charge in [-0.2, -0.15) is 10.1 Å². The first-order chi connectivity index (χ1) is 13.7. The molecule has 0 aliphatic carbocycles. The lowest BCUT2D eigenvalue weighted by atomic mass is 10.1. The maximum Gasteiger partial charge on any atom is 0.340 e. The summed E-state index contributed by atoms with van der Waals surface area (Å²) >= 11 is 0. The van der Waals surface area contributed by atoms with E-state index >= 15 is 0 Å². The molecule has 28 heavy (non-hydrogen) atoms. The second-order valence-corrected chi connectivity index (χ2v) is 6.58. The molecule has 0 fully saturated rings. The minimum absolute atomic E-state index is 0.272. The van der Waals surface area contributed by atoms with Crippen molar-refractivity contribution in [3.8, 4) is 0 Å². The number of hydrogen-bond donors (Lipinski definition) is 1.